The molecule has 2 rings (SSSR count). The Balaban J connectivity index is 1.86. The third-order valence-corrected chi connectivity index (χ3v) is 2.59. The van der Waals surface area contributed by atoms with E-state index in [1.54, 1.807) is 18.5 Å². The van der Waals surface area contributed by atoms with Crippen molar-refractivity contribution in [3.8, 4) is 0 Å². The number of rotatable bonds is 4. The van der Waals surface area contributed by atoms with Crippen molar-refractivity contribution in [3.05, 3.63) is 48.4 Å². The Kier molecular flexibility index (Phi) is 4.93. The molecule has 6 nitrogen and oxygen atoms in total. The first-order valence-corrected chi connectivity index (χ1v) is 7.02. The molecule has 6 heteroatoms. The number of amides is 1. The lowest BCUT2D eigenvalue weighted by atomic mass is 10.2. The smallest absolute Gasteiger partial charge is 0.413 e. The summed E-state index contributed by atoms with van der Waals surface area (Å²) in [6.07, 6.45) is 2.88. The number of carbonyl (C=O) groups excluding carboxylic acids is 1. The minimum Gasteiger partial charge on any atom is -0.444 e. The quantitative estimate of drug-likeness (QED) is 0.904. The second-order valence-corrected chi connectivity index (χ2v) is 5.73. The highest BCUT2D eigenvalue weighted by Gasteiger charge is 2.16. The van der Waals surface area contributed by atoms with Gasteiger partial charge in [0.2, 0.25) is 0 Å². The molecule has 0 aliphatic rings. The molecule has 2 aromatic heterocycles. The van der Waals surface area contributed by atoms with E-state index < -0.39 is 11.7 Å². The van der Waals surface area contributed by atoms with Crippen LogP contribution in [-0.2, 0) is 11.3 Å². The first kappa shape index (κ1) is 15.8. The predicted molar refractivity (Wildman–Crippen MR) is 85.7 cm³/mol. The zero-order valence-electron chi connectivity index (χ0n) is 13.0. The molecule has 0 aliphatic heterocycles. The minimum absolute atomic E-state index is 0.442. The number of carbonyl (C=O) groups is 1. The van der Waals surface area contributed by atoms with Gasteiger partial charge in [0.05, 0.1) is 24.1 Å². The lowest BCUT2D eigenvalue weighted by molar-refractivity contribution is 0.0635. The molecule has 2 heterocycles. The van der Waals surface area contributed by atoms with E-state index in [9.17, 15) is 4.79 Å². The summed E-state index contributed by atoms with van der Waals surface area (Å²) >= 11 is 0. The van der Waals surface area contributed by atoms with Crippen molar-refractivity contribution in [2.45, 2.75) is 32.9 Å². The minimum atomic E-state index is -0.533. The molecule has 116 valence electrons. The molecule has 0 aliphatic carbocycles. The van der Waals surface area contributed by atoms with Gasteiger partial charge in [0.15, 0.2) is 0 Å². The highest BCUT2D eigenvalue weighted by Crippen LogP contribution is 2.13. The zero-order chi connectivity index (χ0) is 16.0. The second kappa shape index (κ2) is 6.89. The highest BCUT2D eigenvalue weighted by atomic mass is 16.6. The van der Waals surface area contributed by atoms with Crippen molar-refractivity contribution in [1.29, 1.82) is 0 Å². The fourth-order valence-electron chi connectivity index (χ4n) is 1.68. The molecule has 0 atom stereocenters. The molecule has 2 N–H and O–H groups in total. The van der Waals surface area contributed by atoms with Crippen LogP contribution in [0, 0.1) is 0 Å². The summed E-state index contributed by atoms with van der Waals surface area (Å²) in [6.45, 7) is 6.04. The summed E-state index contributed by atoms with van der Waals surface area (Å²) in [4.78, 5) is 20.0. The van der Waals surface area contributed by atoms with Crippen LogP contribution < -0.4 is 10.6 Å². The third kappa shape index (κ3) is 5.40. The van der Waals surface area contributed by atoms with Crippen LogP contribution in [0.2, 0.25) is 0 Å². The average Bonchev–Trinajstić information content (AvgIpc) is 2.45. The van der Waals surface area contributed by atoms with Crippen LogP contribution in [0.3, 0.4) is 0 Å². The number of hydrogen-bond acceptors (Lipinski definition) is 5. The van der Waals surface area contributed by atoms with E-state index >= 15 is 0 Å². The van der Waals surface area contributed by atoms with Crippen molar-refractivity contribution in [2.24, 2.45) is 0 Å². The van der Waals surface area contributed by atoms with Gasteiger partial charge < -0.3 is 10.1 Å². The fraction of sp³-hybridized carbons (Fsp3) is 0.312. The van der Waals surface area contributed by atoms with E-state index in [1.807, 2.05) is 45.0 Å². The van der Waals surface area contributed by atoms with Gasteiger partial charge in [-0.05, 0) is 45.0 Å². The molecule has 0 aromatic carbocycles. The molecule has 0 unspecified atom stereocenters. The molecule has 0 bridgehead atoms. The van der Waals surface area contributed by atoms with E-state index in [-0.39, 0.29) is 0 Å². The van der Waals surface area contributed by atoms with E-state index in [1.165, 1.54) is 0 Å². The third-order valence-electron chi connectivity index (χ3n) is 2.59. The van der Waals surface area contributed by atoms with Crippen LogP contribution in [0.15, 0.2) is 42.7 Å². The van der Waals surface area contributed by atoms with Gasteiger partial charge in [-0.3, -0.25) is 10.3 Å². The van der Waals surface area contributed by atoms with Crippen LogP contribution in [-0.4, -0.2) is 21.7 Å². The Morgan fingerprint density at radius 1 is 1.18 bits per heavy atom. The Bertz CT molecular complexity index is 606. The van der Waals surface area contributed by atoms with Crippen LogP contribution in [0.25, 0.3) is 0 Å². The molecule has 0 saturated carbocycles. The number of nitrogens with one attached hydrogen (secondary N) is 2. The monoisotopic (exact) mass is 300 g/mol. The molecular formula is C16H20N4O2. The average molecular weight is 300 g/mol. The van der Waals surface area contributed by atoms with Crippen molar-refractivity contribution >= 4 is 17.6 Å². The number of hydrogen-bond donors (Lipinski definition) is 2. The number of aromatic nitrogens is 2. The van der Waals surface area contributed by atoms with Gasteiger partial charge >= 0.3 is 6.09 Å². The molecule has 0 spiro atoms. The normalized spacial score (nSPS) is 10.9. The van der Waals surface area contributed by atoms with E-state index in [2.05, 4.69) is 20.6 Å². The highest BCUT2D eigenvalue weighted by molar-refractivity contribution is 5.83. The van der Waals surface area contributed by atoms with Gasteiger partial charge in [-0.1, -0.05) is 6.07 Å². The van der Waals surface area contributed by atoms with Gasteiger partial charge in [0.1, 0.15) is 11.4 Å². The maximum Gasteiger partial charge on any atom is 0.413 e. The number of pyridine rings is 2. The molecular weight excluding hydrogens is 280 g/mol. The molecule has 0 fully saturated rings. The van der Waals surface area contributed by atoms with E-state index in [0.717, 1.165) is 11.4 Å². The summed E-state index contributed by atoms with van der Waals surface area (Å²) in [5.74, 6) is 0.442. The molecule has 2 aromatic rings. The van der Waals surface area contributed by atoms with Gasteiger partial charge in [-0.2, -0.15) is 0 Å². The van der Waals surface area contributed by atoms with Gasteiger partial charge in [-0.25, -0.2) is 9.78 Å². The summed E-state index contributed by atoms with van der Waals surface area (Å²) in [5.41, 5.74) is 1.26. The Labute approximate surface area is 129 Å². The Hall–Kier alpha value is -2.63. The molecule has 22 heavy (non-hydrogen) atoms. The van der Waals surface area contributed by atoms with Crippen LogP contribution in [0.5, 0.6) is 0 Å². The van der Waals surface area contributed by atoms with Crippen LogP contribution in [0.4, 0.5) is 16.3 Å². The van der Waals surface area contributed by atoms with Gasteiger partial charge in [0.25, 0.3) is 0 Å². The first-order chi connectivity index (χ1) is 10.4. The van der Waals surface area contributed by atoms with Crippen LogP contribution in [0.1, 0.15) is 26.5 Å². The maximum atomic E-state index is 11.6. The summed E-state index contributed by atoms with van der Waals surface area (Å²) in [5, 5.41) is 5.80. The fourth-order valence-corrected chi connectivity index (χ4v) is 1.68. The number of nitrogens with zero attached hydrogens (tertiary/aromatic N) is 2. The first-order valence-electron chi connectivity index (χ1n) is 7.02. The zero-order valence-corrected chi connectivity index (χ0v) is 13.0. The number of anilines is 2. The lowest BCUT2D eigenvalue weighted by Crippen LogP contribution is -2.27. The summed E-state index contributed by atoms with van der Waals surface area (Å²) in [7, 11) is 0. The van der Waals surface area contributed by atoms with Gasteiger partial charge in [0, 0.05) is 6.20 Å². The summed E-state index contributed by atoms with van der Waals surface area (Å²) < 4.78 is 5.16. The van der Waals surface area contributed by atoms with Crippen molar-refractivity contribution in [3.63, 3.8) is 0 Å². The van der Waals surface area contributed by atoms with Gasteiger partial charge in [-0.15, -0.1) is 0 Å². The molecule has 0 radical (unpaired) electrons. The molecule has 0 saturated heterocycles. The van der Waals surface area contributed by atoms with Crippen LogP contribution >= 0.6 is 0 Å². The molecule has 1 amide bonds. The Morgan fingerprint density at radius 3 is 2.59 bits per heavy atom. The topological polar surface area (TPSA) is 76.1 Å². The number of ether oxygens (including phenoxy) is 1. The lowest BCUT2D eigenvalue weighted by Gasteiger charge is -2.19. The predicted octanol–water partition coefficient (Wildman–Crippen LogP) is 3.44. The van der Waals surface area contributed by atoms with Crippen molar-refractivity contribution in [1.82, 2.24) is 9.97 Å². The van der Waals surface area contributed by atoms with E-state index in [4.69, 9.17) is 4.74 Å². The second-order valence-electron chi connectivity index (χ2n) is 5.73. The largest absolute Gasteiger partial charge is 0.444 e. The van der Waals surface area contributed by atoms with Crippen molar-refractivity contribution < 1.29 is 9.53 Å². The SMILES string of the molecule is CC(C)(C)OC(=O)Nc1ccc(NCc2ccccn2)cn1. The standard InChI is InChI=1S/C16H20N4O2/c1-16(2,3)22-15(21)20-14-8-7-13(11-19-14)18-10-12-6-4-5-9-17-12/h4-9,11,18H,10H2,1-3H3,(H,19,20,21). The van der Waals surface area contributed by atoms with E-state index in [0.29, 0.717) is 12.4 Å². The summed E-state index contributed by atoms with van der Waals surface area (Å²) in [6, 6.07) is 9.31. The Morgan fingerprint density at radius 2 is 2.00 bits per heavy atom. The maximum absolute atomic E-state index is 11.6. The van der Waals surface area contributed by atoms with Crippen molar-refractivity contribution in [2.75, 3.05) is 10.6 Å².